The zero-order valence-corrected chi connectivity index (χ0v) is 24.3. The highest BCUT2D eigenvalue weighted by Crippen LogP contribution is 2.31. The number of aromatic amines is 1. The molecule has 1 N–H and O–H groups in total. The Labute approximate surface area is 248 Å². The molecular formula is C28H24ClN7O5S. The smallest absolute Gasteiger partial charge is 0.328 e. The Bertz CT molecular complexity index is 1930. The number of aromatic nitrogens is 6. The van der Waals surface area contributed by atoms with E-state index in [1.807, 2.05) is 0 Å². The maximum absolute atomic E-state index is 14.1. The number of nitrogens with zero attached hydrogens (tertiary/aromatic N) is 6. The van der Waals surface area contributed by atoms with Gasteiger partial charge in [0.25, 0.3) is 11.5 Å². The summed E-state index contributed by atoms with van der Waals surface area (Å²) >= 11 is 7.82. The average Bonchev–Trinajstić information content (AvgIpc) is 3.47. The fourth-order valence-electron chi connectivity index (χ4n) is 4.88. The number of cyclic esters (lactones) is 1. The highest BCUT2D eigenvalue weighted by atomic mass is 35.5. The highest BCUT2D eigenvalue weighted by Gasteiger charge is 2.35. The largest absolute Gasteiger partial charge is 0.495 e. The van der Waals surface area contributed by atoms with E-state index >= 15 is 0 Å². The molecule has 1 amide bonds. The summed E-state index contributed by atoms with van der Waals surface area (Å²) in [7, 11) is 1.47. The second-order valence-electron chi connectivity index (χ2n) is 9.64. The molecule has 1 saturated heterocycles. The van der Waals surface area contributed by atoms with E-state index in [2.05, 4.69) is 19.9 Å². The molecule has 5 aromatic rings. The van der Waals surface area contributed by atoms with Gasteiger partial charge in [-0.15, -0.1) is 0 Å². The van der Waals surface area contributed by atoms with Crippen LogP contribution in [0.2, 0.25) is 5.02 Å². The number of benzene rings is 2. The van der Waals surface area contributed by atoms with Crippen molar-refractivity contribution in [2.75, 3.05) is 13.7 Å². The first kappa shape index (κ1) is 27.7. The Hall–Kier alpha value is -4.49. The van der Waals surface area contributed by atoms with Gasteiger partial charge < -0.3 is 19.4 Å². The lowest BCUT2D eigenvalue weighted by Crippen LogP contribution is -2.53. The van der Waals surface area contributed by atoms with Gasteiger partial charge >= 0.3 is 5.97 Å². The van der Waals surface area contributed by atoms with Crippen LogP contribution >= 0.6 is 23.4 Å². The number of rotatable bonds is 6. The number of thioether (sulfide) groups is 1. The van der Waals surface area contributed by atoms with Crippen LogP contribution < -0.4 is 10.3 Å². The van der Waals surface area contributed by atoms with Crippen molar-refractivity contribution in [3.8, 4) is 11.4 Å². The van der Waals surface area contributed by atoms with Gasteiger partial charge in [0, 0.05) is 5.56 Å². The molecule has 1 fully saturated rings. The van der Waals surface area contributed by atoms with Gasteiger partial charge in [0.2, 0.25) is 0 Å². The number of hydrogen-bond acceptors (Lipinski definition) is 10. The van der Waals surface area contributed by atoms with E-state index in [1.165, 1.54) is 41.0 Å². The number of methoxy groups -OCH3 is 1. The molecule has 6 rings (SSSR count). The van der Waals surface area contributed by atoms with E-state index in [0.717, 1.165) is 0 Å². The number of imidazole rings is 1. The summed E-state index contributed by atoms with van der Waals surface area (Å²) in [6.45, 7) is 3.59. The summed E-state index contributed by atoms with van der Waals surface area (Å²) in [4.78, 5) is 62.1. The van der Waals surface area contributed by atoms with Crippen LogP contribution in [-0.4, -0.2) is 72.1 Å². The van der Waals surface area contributed by atoms with Crippen LogP contribution in [0.15, 0.2) is 58.9 Å². The van der Waals surface area contributed by atoms with Gasteiger partial charge in [0.05, 0.1) is 47.3 Å². The molecule has 3 aromatic heterocycles. The quantitative estimate of drug-likeness (QED) is 0.172. The first-order valence-electron chi connectivity index (χ1n) is 12.9. The molecule has 4 heterocycles. The Balaban J connectivity index is 1.49. The Kier molecular flexibility index (Phi) is 7.29. The minimum absolute atomic E-state index is 0.219. The molecule has 42 heavy (non-hydrogen) atoms. The number of nitrogens with one attached hydrogen (secondary N) is 1. The molecule has 214 valence electrons. The van der Waals surface area contributed by atoms with Gasteiger partial charge in [0.1, 0.15) is 40.6 Å². The lowest BCUT2D eigenvalue weighted by atomic mass is 10.1. The number of esters is 1. The monoisotopic (exact) mass is 605 g/mol. The minimum Gasteiger partial charge on any atom is -0.495 e. The summed E-state index contributed by atoms with van der Waals surface area (Å²) in [6, 6.07) is 9.07. The van der Waals surface area contributed by atoms with E-state index < -0.39 is 23.7 Å². The molecule has 0 unspecified atom stereocenters. The van der Waals surface area contributed by atoms with Crippen molar-refractivity contribution >= 4 is 57.3 Å². The van der Waals surface area contributed by atoms with Crippen LogP contribution in [-0.2, 0) is 15.3 Å². The van der Waals surface area contributed by atoms with E-state index in [9.17, 15) is 14.4 Å². The van der Waals surface area contributed by atoms with Crippen molar-refractivity contribution in [3.05, 3.63) is 75.8 Å². The van der Waals surface area contributed by atoms with Crippen molar-refractivity contribution < 1.29 is 19.1 Å². The number of morpholine rings is 1. The maximum atomic E-state index is 14.1. The molecule has 0 saturated carbocycles. The predicted molar refractivity (Wildman–Crippen MR) is 156 cm³/mol. The summed E-state index contributed by atoms with van der Waals surface area (Å²) in [5.41, 5.74) is 1.73. The van der Waals surface area contributed by atoms with E-state index in [0.29, 0.717) is 39.0 Å². The third-order valence-electron chi connectivity index (χ3n) is 6.95. The molecule has 1 aliphatic rings. The SMILES string of the molecule is COc1ccc(C(=O)N2C[C@H](C)OC(=O)[C@@H]2C)cc1-n1c(CSc2ncnc3nc[nH]c23)nc2cccc(Cl)c2c1=O. The van der Waals surface area contributed by atoms with Crippen molar-refractivity contribution in [3.63, 3.8) is 0 Å². The lowest BCUT2D eigenvalue weighted by molar-refractivity contribution is -0.161. The molecule has 1 aliphatic heterocycles. The molecule has 12 nitrogen and oxygen atoms in total. The van der Waals surface area contributed by atoms with Gasteiger partial charge in [-0.2, -0.15) is 0 Å². The Morgan fingerprint density at radius 2 is 2.02 bits per heavy atom. The lowest BCUT2D eigenvalue weighted by Gasteiger charge is -2.35. The second kappa shape index (κ2) is 11.1. The van der Waals surface area contributed by atoms with Crippen LogP contribution in [0, 0.1) is 0 Å². The number of carbonyl (C=O) groups excluding carboxylic acids is 2. The Morgan fingerprint density at radius 1 is 1.19 bits per heavy atom. The van der Waals surface area contributed by atoms with Crippen molar-refractivity contribution in [2.45, 2.75) is 36.8 Å². The summed E-state index contributed by atoms with van der Waals surface area (Å²) < 4.78 is 12.3. The van der Waals surface area contributed by atoms with Crippen LogP contribution in [0.1, 0.15) is 30.0 Å². The first-order valence-corrected chi connectivity index (χ1v) is 14.3. The van der Waals surface area contributed by atoms with Gasteiger partial charge in [-0.1, -0.05) is 29.4 Å². The average molecular weight is 606 g/mol. The molecule has 2 atom stereocenters. The molecule has 2 aromatic carbocycles. The number of halogens is 1. The number of carbonyl (C=O) groups is 2. The third-order valence-corrected chi connectivity index (χ3v) is 8.25. The molecule has 0 spiro atoms. The Morgan fingerprint density at radius 3 is 2.83 bits per heavy atom. The summed E-state index contributed by atoms with van der Waals surface area (Å²) in [6.07, 6.45) is 2.51. The second-order valence-corrected chi connectivity index (χ2v) is 11.0. The number of amides is 1. The fraction of sp³-hybridized carbons (Fsp3) is 0.250. The van der Waals surface area contributed by atoms with Crippen molar-refractivity contribution in [1.29, 1.82) is 0 Å². The number of ether oxygens (including phenoxy) is 2. The van der Waals surface area contributed by atoms with Crippen LogP contribution in [0.5, 0.6) is 5.75 Å². The normalized spacial score (nSPS) is 17.0. The van der Waals surface area contributed by atoms with Crippen molar-refractivity contribution in [1.82, 2.24) is 34.4 Å². The molecule has 0 aliphatic carbocycles. The molecule has 0 radical (unpaired) electrons. The standard InChI is InChI=1S/C28H24ClN7O5S/c1-14-10-35(15(2)28(39)41-14)26(37)16-7-8-20(40-3)19(9-16)36-21(34-18-6-4-5-17(29)22(18)27(36)38)11-42-25-23-24(31-12-30-23)32-13-33-25/h4-9,12-15H,10-11H2,1-3H3,(H,30,31,32,33)/t14-,15-/m0/s1. The zero-order chi connectivity index (χ0) is 29.5. The highest BCUT2D eigenvalue weighted by molar-refractivity contribution is 7.98. The zero-order valence-electron chi connectivity index (χ0n) is 22.7. The van der Waals surface area contributed by atoms with Gasteiger partial charge in [-0.05, 0) is 44.2 Å². The summed E-state index contributed by atoms with van der Waals surface area (Å²) in [5.74, 6) is 0.0728. The van der Waals surface area contributed by atoms with Gasteiger partial charge in [-0.25, -0.2) is 24.7 Å². The van der Waals surface area contributed by atoms with Crippen molar-refractivity contribution in [2.24, 2.45) is 0 Å². The topological polar surface area (TPSA) is 145 Å². The molecule has 14 heteroatoms. The van der Waals surface area contributed by atoms with Gasteiger partial charge in [-0.3, -0.25) is 14.2 Å². The van der Waals surface area contributed by atoms with Crippen LogP contribution in [0.3, 0.4) is 0 Å². The van der Waals surface area contributed by atoms with E-state index in [4.69, 9.17) is 26.1 Å². The third kappa shape index (κ3) is 4.84. The number of fused-ring (bicyclic) bond motifs is 2. The van der Waals surface area contributed by atoms with E-state index in [-0.39, 0.29) is 34.2 Å². The van der Waals surface area contributed by atoms with Gasteiger partial charge in [0.15, 0.2) is 5.65 Å². The first-order chi connectivity index (χ1) is 20.3. The summed E-state index contributed by atoms with van der Waals surface area (Å²) in [5, 5.41) is 1.10. The maximum Gasteiger partial charge on any atom is 0.328 e. The minimum atomic E-state index is -0.762. The van der Waals surface area contributed by atoms with Crippen LogP contribution in [0.4, 0.5) is 0 Å². The van der Waals surface area contributed by atoms with E-state index in [1.54, 1.807) is 50.2 Å². The number of H-pyrrole nitrogens is 1. The predicted octanol–water partition coefficient (Wildman–Crippen LogP) is 3.78. The fourth-order valence-corrected chi connectivity index (χ4v) is 6.01. The van der Waals surface area contributed by atoms with Crippen LogP contribution in [0.25, 0.3) is 27.8 Å². The molecular weight excluding hydrogens is 582 g/mol. The number of hydrogen-bond donors (Lipinski definition) is 1. The molecule has 0 bridgehead atoms.